The van der Waals surface area contributed by atoms with Crippen molar-refractivity contribution in [2.24, 2.45) is 7.05 Å². The Morgan fingerprint density at radius 2 is 1.35 bits per heavy atom. The fourth-order valence-electron chi connectivity index (χ4n) is 11.2. The van der Waals surface area contributed by atoms with E-state index in [-0.39, 0.29) is 47.7 Å². The van der Waals surface area contributed by atoms with E-state index in [4.69, 9.17) is 24.2 Å². The molecule has 0 radical (unpaired) electrons. The van der Waals surface area contributed by atoms with E-state index in [9.17, 15) is 22.8 Å². The van der Waals surface area contributed by atoms with Gasteiger partial charge in [-0.15, -0.1) is 23.4 Å². The number of nitrogens with zero attached hydrogens (tertiary/aromatic N) is 16. The molecular formula is C61H61F3N18O6. The Labute approximate surface area is 502 Å². The topological polar surface area (TPSA) is 247 Å². The molecule has 2 amide bonds. The molecule has 3 atom stereocenters. The van der Waals surface area contributed by atoms with Gasteiger partial charge in [0, 0.05) is 82.7 Å². The van der Waals surface area contributed by atoms with Crippen LogP contribution in [0.3, 0.4) is 0 Å². The molecule has 24 nitrogen and oxygen atoms in total. The highest BCUT2D eigenvalue weighted by atomic mass is 19.4. The number of hydrogen-bond donors (Lipinski definition) is 2. The number of benzene rings is 3. The molecule has 0 spiro atoms. The summed E-state index contributed by atoms with van der Waals surface area (Å²) < 4.78 is 68.3. The Morgan fingerprint density at radius 3 is 2.00 bits per heavy atom. The largest absolute Gasteiger partial charge is 0.573 e. The minimum absolute atomic E-state index is 0.0221. The number of hydrogen-bond acceptors (Lipinski definition) is 20. The summed E-state index contributed by atoms with van der Waals surface area (Å²) >= 11 is 0. The second kappa shape index (κ2) is 23.4. The number of methoxy groups -OCH3 is 1. The molecule has 2 saturated heterocycles. The van der Waals surface area contributed by atoms with E-state index in [0.29, 0.717) is 119 Å². The standard InChI is InChI=1S/C61H61F3N18O6/c1-9-54(83)80-23-21-78(31-37(80)4)52-18-15-42-57(72-52)59(68-34-66-42)70-46-26-36(3)60(6,30-51(46)85-8)87-40-13-17-48-44(28-40)74-76-82(48)20-10-11-55(84)81-24-22-79(32-38(81)5)53-19-14-41-56(71-53)58(67-33-65-41)69-45-25-35(2)49(29-50(45)88-61(62,63)64)86-39-12-16-47-43(27-39)73-75-77(47)7/h9-19,25-29,33-34,37-38H,1,20-24,30-32H2,2-8H3,(H,65,67,69)(H,66,68,70)/b11-10+/t37-,38-,60?/m1/s1. The van der Waals surface area contributed by atoms with Crippen molar-refractivity contribution in [1.29, 1.82) is 0 Å². The van der Waals surface area contributed by atoms with Gasteiger partial charge < -0.3 is 49.2 Å². The summed E-state index contributed by atoms with van der Waals surface area (Å²) in [4.78, 5) is 61.6. The van der Waals surface area contributed by atoms with Gasteiger partial charge in [-0.1, -0.05) is 23.1 Å². The number of pyridine rings is 2. The summed E-state index contributed by atoms with van der Waals surface area (Å²) in [5, 5.41) is 23.4. The summed E-state index contributed by atoms with van der Waals surface area (Å²) in [6.07, 6.45) is 4.79. The third-order valence-electron chi connectivity index (χ3n) is 16.0. The average molecular weight is 1200 g/mol. The number of aryl methyl sites for hydroxylation is 2. The number of fused-ring (bicyclic) bond motifs is 4. The maximum absolute atomic E-state index is 13.9. The predicted octanol–water partition coefficient (Wildman–Crippen LogP) is 9.11. The van der Waals surface area contributed by atoms with Crippen LogP contribution in [-0.2, 0) is 27.9 Å². The minimum atomic E-state index is -5.03. The number of carbonyl (C=O) groups excluding carboxylic acids is 2. The summed E-state index contributed by atoms with van der Waals surface area (Å²) in [5.41, 5.74) is 6.00. The van der Waals surface area contributed by atoms with Gasteiger partial charge in [0.1, 0.15) is 75.0 Å². The van der Waals surface area contributed by atoms with Crippen molar-refractivity contribution >= 4 is 84.9 Å². The maximum Gasteiger partial charge on any atom is 0.573 e. The van der Waals surface area contributed by atoms with Crippen LogP contribution in [0.5, 0.6) is 23.0 Å². The lowest BCUT2D eigenvalue weighted by molar-refractivity contribution is -0.274. The summed E-state index contributed by atoms with van der Waals surface area (Å²) in [6.45, 7) is 16.7. The van der Waals surface area contributed by atoms with Crippen molar-refractivity contribution < 1.29 is 41.7 Å². The van der Waals surface area contributed by atoms with Gasteiger partial charge in [0.2, 0.25) is 11.8 Å². The molecule has 2 N–H and O–H groups in total. The molecule has 2 aliphatic heterocycles. The number of anilines is 5. The first-order valence-electron chi connectivity index (χ1n) is 28.3. The fraction of sp³-hybridized carbons (Fsp3) is 0.311. The number of ether oxygens (including phenoxy) is 4. The lowest BCUT2D eigenvalue weighted by Crippen LogP contribution is -2.54. The molecule has 0 saturated carbocycles. The lowest BCUT2D eigenvalue weighted by atomic mass is 9.86. The quantitative estimate of drug-likeness (QED) is 0.0856. The molecule has 6 aromatic heterocycles. The molecule has 27 heteroatoms. The molecule has 9 aromatic rings. The van der Waals surface area contributed by atoms with Crippen molar-refractivity contribution in [3.05, 3.63) is 139 Å². The molecule has 3 aliphatic rings. The van der Waals surface area contributed by atoms with Gasteiger partial charge in [-0.25, -0.2) is 39.3 Å². The lowest BCUT2D eigenvalue weighted by Gasteiger charge is -2.40. The van der Waals surface area contributed by atoms with Crippen molar-refractivity contribution in [1.82, 2.24) is 69.7 Å². The number of alkyl halides is 3. The molecular weight excluding hydrogens is 1140 g/mol. The third kappa shape index (κ3) is 11.8. The van der Waals surface area contributed by atoms with Crippen LogP contribution >= 0.6 is 0 Å². The van der Waals surface area contributed by atoms with E-state index in [1.165, 1.54) is 24.8 Å². The molecule has 2 fully saturated rings. The summed E-state index contributed by atoms with van der Waals surface area (Å²) in [5.74, 6) is 2.89. The molecule has 12 rings (SSSR count). The number of amides is 2. The van der Waals surface area contributed by atoms with Crippen molar-refractivity contribution in [3.8, 4) is 23.0 Å². The molecule has 1 unspecified atom stereocenters. The van der Waals surface area contributed by atoms with Crippen molar-refractivity contribution in [3.63, 3.8) is 0 Å². The minimum Gasteiger partial charge on any atom is -0.499 e. The van der Waals surface area contributed by atoms with Gasteiger partial charge in [-0.3, -0.25) is 9.59 Å². The van der Waals surface area contributed by atoms with Crippen molar-refractivity contribution in [2.45, 2.75) is 71.6 Å². The molecule has 452 valence electrons. The summed E-state index contributed by atoms with van der Waals surface area (Å²) in [7, 11) is 3.37. The number of rotatable bonds is 16. The van der Waals surface area contributed by atoms with Gasteiger partial charge in [0.05, 0.1) is 53.5 Å². The average Bonchev–Trinajstić information content (AvgIpc) is 2.59. The highest BCUT2D eigenvalue weighted by Crippen LogP contribution is 2.42. The van der Waals surface area contributed by atoms with Crippen LogP contribution in [-0.4, -0.2) is 152 Å². The van der Waals surface area contributed by atoms with E-state index in [2.05, 4.69) is 67.4 Å². The van der Waals surface area contributed by atoms with Crippen LogP contribution in [0.1, 0.15) is 39.7 Å². The predicted molar refractivity (Wildman–Crippen MR) is 323 cm³/mol. The van der Waals surface area contributed by atoms with Gasteiger partial charge in [0.15, 0.2) is 17.4 Å². The molecule has 8 heterocycles. The Kier molecular flexibility index (Phi) is 15.4. The highest BCUT2D eigenvalue weighted by molar-refractivity contribution is 5.91. The zero-order valence-electron chi connectivity index (χ0n) is 49.1. The number of carbonyl (C=O) groups is 2. The second-order valence-electron chi connectivity index (χ2n) is 22.0. The van der Waals surface area contributed by atoms with E-state index < -0.39 is 17.7 Å². The third-order valence-corrected chi connectivity index (χ3v) is 16.0. The Bertz CT molecular complexity index is 4320. The monoisotopic (exact) mass is 1200 g/mol. The van der Waals surface area contributed by atoms with E-state index >= 15 is 0 Å². The number of allylic oxidation sites excluding steroid dienone is 2. The first kappa shape index (κ1) is 57.9. The van der Waals surface area contributed by atoms with E-state index in [0.717, 1.165) is 28.5 Å². The van der Waals surface area contributed by atoms with Gasteiger partial charge in [-0.05, 0) is 113 Å². The fourth-order valence-corrected chi connectivity index (χ4v) is 11.2. The number of halogens is 3. The van der Waals surface area contributed by atoms with Crippen molar-refractivity contribution in [2.75, 3.05) is 66.8 Å². The highest BCUT2D eigenvalue weighted by Gasteiger charge is 2.37. The second-order valence-corrected chi connectivity index (χ2v) is 22.0. The Balaban J connectivity index is 0.670. The van der Waals surface area contributed by atoms with Gasteiger partial charge in [0.25, 0.3) is 0 Å². The molecule has 3 aromatic carbocycles. The number of aromatic nitrogens is 12. The van der Waals surface area contributed by atoms with Crippen LogP contribution in [0, 0.1) is 6.92 Å². The maximum atomic E-state index is 13.9. The number of piperazine rings is 2. The first-order valence-corrected chi connectivity index (χ1v) is 28.3. The summed E-state index contributed by atoms with van der Waals surface area (Å²) in [6, 6.07) is 20.5. The van der Waals surface area contributed by atoms with E-state index in [1.54, 1.807) is 71.8 Å². The normalized spacial score (nSPS) is 18.4. The van der Waals surface area contributed by atoms with Crippen LogP contribution in [0.25, 0.3) is 44.1 Å². The van der Waals surface area contributed by atoms with Gasteiger partial charge >= 0.3 is 6.36 Å². The zero-order chi connectivity index (χ0) is 61.6. The van der Waals surface area contributed by atoms with Crippen LogP contribution < -0.4 is 34.6 Å². The SMILES string of the molecule is C=CC(=O)N1CCN(c2ccc3ncnc(NC4=C(OC)CC(C)(Oc5ccc6c(c5)nnn6C/C=C/C(=O)N5CCN(c6ccc7ncnc(Nc8cc(C)c(Oc9ccc%10c(c9)nnn%10C)cc8OC(F)(F)F)c7n6)C[C@H]5C)C(C)=C4)c3n2)C[C@H]1C. The zero-order valence-corrected chi connectivity index (χ0v) is 49.1. The Hall–Kier alpha value is -10.5. The number of nitrogens with one attached hydrogen (secondary N) is 2. The smallest absolute Gasteiger partial charge is 0.499 e. The molecule has 88 heavy (non-hydrogen) atoms. The first-order chi connectivity index (χ1) is 42.3. The molecule has 1 aliphatic carbocycles. The van der Waals surface area contributed by atoms with Gasteiger partial charge in [-0.2, -0.15) is 0 Å². The molecule has 0 bridgehead atoms. The van der Waals surface area contributed by atoms with E-state index in [1.807, 2.05) is 80.0 Å². The van der Waals surface area contributed by atoms with Crippen LogP contribution in [0.2, 0.25) is 0 Å². The van der Waals surface area contributed by atoms with Crippen LogP contribution in [0.4, 0.5) is 42.1 Å². The Morgan fingerprint density at radius 1 is 0.739 bits per heavy atom. The van der Waals surface area contributed by atoms with Crippen LogP contribution in [0.15, 0.2) is 133 Å².